The molecule has 1 fully saturated rings. The molecule has 0 aromatic heterocycles. The van der Waals surface area contributed by atoms with E-state index in [1.807, 2.05) is 54.6 Å². The Morgan fingerprint density at radius 1 is 0.952 bits per heavy atom. The Hall–Kier alpha value is -3.37. The summed E-state index contributed by atoms with van der Waals surface area (Å²) in [6, 6.07) is 23.0. The van der Waals surface area contributed by atoms with Crippen LogP contribution < -0.4 is 14.4 Å². The number of para-hydroxylation sites is 2. The molecule has 1 aliphatic carbocycles. The SMILES string of the molecule is COc1ccccc1N(CC(=O)N(Cc1cccc(Br)c1)[C@@H](Cc1ccccc1)C(=O)NC1CCCCC1)S(C)(=O)=O. The van der Waals surface area contributed by atoms with E-state index in [4.69, 9.17) is 4.74 Å². The zero-order valence-electron chi connectivity index (χ0n) is 24.0. The van der Waals surface area contributed by atoms with Crippen molar-refractivity contribution in [2.75, 3.05) is 24.2 Å². The van der Waals surface area contributed by atoms with Crippen LogP contribution in [0.1, 0.15) is 43.2 Å². The van der Waals surface area contributed by atoms with Crippen LogP contribution in [0.3, 0.4) is 0 Å². The Morgan fingerprint density at radius 3 is 2.29 bits per heavy atom. The van der Waals surface area contributed by atoms with Gasteiger partial charge in [-0.3, -0.25) is 13.9 Å². The monoisotopic (exact) mass is 655 g/mol. The third kappa shape index (κ3) is 8.58. The van der Waals surface area contributed by atoms with E-state index in [0.29, 0.717) is 5.75 Å². The number of methoxy groups -OCH3 is 1. The Balaban J connectivity index is 1.74. The summed E-state index contributed by atoms with van der Waals surface area (Å²) in [5.74, 6) is -0.409. The zero-order chi connectivity index (χ0) is 30.1. The van der Waals surface area contributed by atoms with Crippen LogP contribution in [0.15, 0.2) is 83.3 Å². The second-order valence-corrected chi connectivity index (χ2v) is 13.5. The van der Waals surface area contributed by atoms with Gasteiger partial charge in [0.2, 0.25) is 21.8 Å². The molecule has 42 heavy (non-hydrogen) atoms. The van der Waals surface area contributed by atoms with Crippen molar-refractivity contribution in [2.45, 2.75) is 57.2 Å². The number of ether oxygens (including phenoxy) is 1. The first-order valence-corrected chi connectivity index (χ1v) is 16.8. The molecule has 4 rings (SSSR count). The van der Waals surface area contributed by atoms with Crippen molar-refractivity contribution < 1.29 is 22.7 Å². The van der Waals surface area contributed by atoms with Gasteiger partial charge >= 0.3 is 0 Å². The predicted octanol–water partition coefficient (Wildman–Crippen LogP) is 5.31. The summed E-state index contributed by atoms with van der Waals surface area (Å²) in [4.78, 5) is 29.8. The summed E-state index contributed by atoms with van der Waals surface area (Å²) >= 11 is 3.50. The lowest BCUT2D eigenvalue weighted by atomic mass is 9.94. The van der Waals surface area contributed by atoms with Crippen LogP contribution in [0.4, 0.5) is 5.69 Å². The summed E-state index contributed by atoms with van der Waals surface area (Å²) in [6.07, 6.45) is 6.40. The van der Waals surface area contributed by atoms with E-state index >= 15 is 0 Å². The second-order valence-electron chi connectivity index (χ2n) is 10.6. The first-order valence-electron chi connectivity index (χ1n) is 14.1. The first kappa shape index (κ1) is 31.6. The van der Waals surface area contributed by atoms with Gasteiger partial charge in [0.05, 0.1) is 19.1 Å². The van der Waals surface area contributed by atoms with Crippen molar-refractivity contribution in [1.29, 1.82) is 0 Å². The number of nitrogens with one attached hydrogen (secondary N) is 1. The molecule has 1 saturated carbocycles. The fourth-order valence-corrected chi connectivity index (χ4v) is 6.66. The quantitative estimate of drug-likeness (QED) is 0.285. The van der Waals surface area contributed by atoms with Crippen LogP contribution in [-0.2, 0) is 32.6 Å². The maximum atomic E-state index is 14.3. The normalized spacial score (nSPS) is 14.5. The van der Waals surface area contributed by atoms with E-state index in [1.165, 1.54) is 12.0 Å². The third-order valence-electron chi connectivity index (χ3n) is 7.50. The number of hydrogen-bond donors (Lipinski definition) is 1. The third-order valence-corrected chi connectivity index (χ3v) is 9.12. The molecule has 3 aromatic carbocycles. The Bertz CT molecular complexity index is 1460. The molecule has 10 heteroatoms. The second kappa shape index (κ2) is 14.7. The lowest BCUT2D eigenvalue weighted by Crippen LogP contribution is -2.55. The van der Waals surface area contributed by atoms with Crippen LogP contribution in [-0.4, -0.2) is 57.1 Å². The van der Waals surface area contributed by atoms with Gasteiger partial charge in [-0.2, -0.15) is 0 Å². The van der Waals surface area contributed by atoms with Crippen LogP contribution in [0.5, 0.6) is 5.75 Å². The van der Waals surface area contributed by atoms with Gasteiger partial charge in [0, 0.05) is 23.5 Å². The van der Waals surface area contributed by atoms with Gasteiger partial charge in [-0.25, -0.2) is 8.42 Å². The van der Waals surface area contributed by atoms with E-state index in [1.54, 1.807) is 24.3 Å². The molecule has 224 valence electrons. The lowest BCUT2D eigenvalue weighted by molar-refractivity contribution is -0.140. The molecule has 8 nitrogen and oxygen atoms in total. The number of hydrogen-bond acceptors (Lipinski definition) is 5. The summed E-state index contributed by atoms with van der Waals surface area (Å²) in [5, 5.41) is 3.21. The van der Waals surface area contributed by atoms with Crippen molar-refractivity contribution in [3.63, 3.8) is 0 Å². The molecule has 3 aromatic rings. The number of sulfonamides is 1. The van der Waals surface area contributed by atoms with Crippen molar-refractivity contribution in [3.05, 3.63) is 94.5 Å². The Labute approximate surface area is 257 Å². The number of anilines is 1. The summed E-state index contributed by atoms with van der Waals surface area (Å²) in [5.41, 5.74) is 1.96. The number of nitrogens with zero attached hydrogens (tertiary/aromatic N) is 2. The Kier molecular flexibility index (Phi) is 11.0. The van der Waals surface area contributed by atoms with Gasteiger partial charge in [0.25, 0.3) is 0 Å². The number of amides is 2. The van der Waals surface area contributed by atoms with Gasteiger partial charge in [-0.15, -0.1) is 0 Å². The smallest absolute Gasteiger partial charge is 0.244 e. The maximum Gasteiger partial charge on any atom is 0.244 e. The molecular weight excluding hydrogens is 618 g/mol. The standard InChI is InChI=1S/C32H38BrN3O5S/c1-41-30-19-10-9-18-28(30)36(42(2,39)40)23-31(37)35(22-25-14-11-15-26(33)20-25)29(21-24-12-5-3-6-13-24)32(38)34-27-16-7-4-8-17-27/h3,5-6,9-15,18-20,27,29H,4,7-8,16-17,21-23H2,1-2H3,(H,34,38)/t29-/m0/s1. The van der Waals surface area contributed by atoms with Crippen LogP contribution >= 0.6 is 15.9 Å². The first-order chi connectivity index (χ1) is 20.2. The summed E-state index contributed by atoms with van der Waals surface area (Å²) < 4.78 is 33.4. The van der Waals surface area contributed by atoms with Gasteiger partial charge in [0.1, 0.15) is 18.3 Å². The molecule has 2 amide bonds. The number of halogens is 1. The van der Waals surface area contributed by atoms with Crippen molar-refractivity contribution in [1.82, 2.24) is 10.2 Å². The molecule has 0 radical (unpaired) electrons. The number of carbonyl (C=O) groups excluding carboxylic acids is 2. The van der Waals surface area contributed by atoms with Crippen LogP contribution in [0, 0.1) is 0 Å². The number of benzene rings is 3. The molecule has 0 heterocycles. The predicted molar refractivity (Wildman–Crippen MR) is 169 cm³/mol. The van der Waals surface area contributed by atoms with Gasteiger partial charge in [0.15, 0.2) is 0 Å². The van der Waals surface area contributed by atoms with Crippen LogP contribution in [0.2, 0.25) is 0 Å². The lowest BCUT2D eigenvalue weighted by Gasteiger charge is -2.35. The molecule has 0 saturated heterocycles. The topological polar surface area (TPSA) is 96.0 Å². The Morgan fingerprint density at radius 2 is 1.62 bits per heavy atom. The molecule has 1 atom stereocenters. The van der Waals surface area contributed by atoms with E-state index in [-0.39, 0.29) is 30.6 Å². The average Bonchev–Trinajstić information content (AvgIpc) is 2.98. The molecule has 0 bridgehead atoms. The molecule has 1 aliphatic rings. The molecular formula is C32H38BrN3O5S. The highest BCUT2D eigenvalue weighted by atomic mass is 79.9. The zero-order valence-corrected chi connectivity index (χ0v) is 26.4. The van der Waals surface area contributed by atoms with Crippen molar-refractivity contribution in [2.24, 2.45) is 0 Å². The van der Waals surface area contributed by atoms with Crippen LogP contribution in [0.25, 0.3) is 0 Å². The van der Waals surface area contributed by atoms with E-state index in [0.717, 1.165) is 58.3 Å². The van der Waals surface area contributed by atoms with Crippen molar-refractivity contribution in [3.8, 4) is 5.75 Å². The highest BCUT2D eigenvalue weighted by Crippen LogP contribution is 2.30. The fraction of sp³-hybridized carbons (Fsp3) is 0.375. The highest BCUT2D eigenvalue weighted by Gasteiger charge is 2.34. The number of rotatable bonds is 12. The molecule has 0 unspecified atom stereocenters. The largest absolute Gasteiger partial charge is 0.495 e. The summed E-state index contributed by atoms with van der Waals surface area (Å²) in [7, 11) is -2.44. The van der Waals surface area contributed by atoms with Gasteiger partial charge in [-0.1, -0.05) is 89.8 Å². The molecule has 1 N–H and O–H groups in total. The van der Waals surface area contributed by atoms with Gasteiger partial charge < -0.3 is 15.0 Å². The number of carbonyl (C=O) groups is 2. The minimum absolute atomic E-state index is 0.0495. The maximum absolute atomic E-state index is 14.3. The fourth-order valence-electron chi connectivity index (χ4n) is 5.36. The van der Waals surface area contributed by atoms with E-state index < -0.39 is 28.5 Å². The highest BCUT2D eigenvalue weighted by molar-refractivity contribution is 9.10. The van der Waals surface area contributed by atoms with Crippen molar-refractivity contribution >= 4 is 43.5 Å². The van der Waals surface area contributed by atoms with Gasteiger partial charge in [-0.05, 0) is 48.2 Å². The van der Waals surface area contributed by atoms with E-state index in [9.17, 15) is 18.0 Å². The molecule has 0 spiro atoms. The minimum Gasteiger partial charge on any atom is -0.495 e. The molecule has 0 aliphatic heterocycles. The minimum atomic E-state index is -3.89. The van der Waals surface area contributed by atoms with E-state index in [2.05, 4.69) is 21.2 Å². The summed E-state index contributed by atoms with van der Waals surface area (Å²) in [6.45, 7) is -0.368. The average molecular weight is 657 g/mol.